The first kappa shape index (κ1) is 19.1. The van der Waals surface area contributed by atoms with Crippen LogP contribution in [0.15, 0.2) is 30.5 Å². The highest BCUT2D eigenvalue weighted by molar-refractivity contribution is 5.98. The maximum Gasteiger partial charge on any atom is 0.225 e. The average molecular weight is 378 g/mol. The minimum absolute atomic E-state index is 0.172. The summed E-state index contributed by atoms with van der Waals surface area (Å²) in [6, 6.07) is 8.77. The zero-order valence-corrected chi connectivity index (χ0v) is 17.5. The molecule has 4 nitrogen and oxygen atoms in total. The molecule has 0 bridgehead atoms. The fourth-order valence-electron chi connectivity index (χ4n) is 4.80. The fourth-order valence-corrected chi connectivity index (χ4v) is 4.80. The topological polar surface area (TPSA) is 46.1 Å². The Hall–Kier alpha value is -2.23. The Kier molecular flexibility index (Phi) is 5.22. The molecule has 4 heteroatoms. The molecule has 1 aromatic heterocycles. The van der Waals surface area contributed by atoms with Crippen LogP contribution in [-0.4, -0.2) is 28.8 Å². The molecule has 0 amide bonds. The molecule has 0 radical (unpaired) electrons. The van der Waals surface area contributed by atoms with Crippen molar-refractivity contribution < 1.29 is 4.79 Å². The lowest BCUT2D eigenvalue weighted by atomic mass is 9.81. The normalized spacial score (nSPS) is 25.1. The van der Waals surface area contributed by atoms with Gasteiger partial charge in [0.05, 0.1) is 11.3 Å². The number of ketones is 1. The van der Waals surface area contributed by atoms with Crippen molar-refractivity contribution in [1.29, 1.82) is 0 Å². The molecule has 1 aliphatic carbocycles. The first-order chi connectivity index (χ1) is 13.4. The Balaban J connectivity index is 1.58. The van der Waals surface area contributed by atoms with Gasteiger partial charge in [-0.05, 0) is 47.6 Å². The number of carbonyl (C=O) groups excluding carboxylic acids is 1. The van der Waals surface area contributed by atoms with E-state index >= 15 is 0 Å². The van der Waals surface area contributed by atoms with Gasteiger partial charge in [0, 0.05) is 25.7 Å². The van der Waals surface area contributed by atoms with E-state index in [-0.39, 0.29) is 11.7 Å². The number of hydrogen-bond donors (Lipinski definition) is 0. The Morgan fingerprint density at radius 3 is 2.36 bits per heavy atom. The Bertz CT molecular complexity index is 849. The lowest BCUT2D eigenvalue weighted by molar-refractivity contribution is 0.0962. The first-order valence-electron chi connectivity index (χ1n) is 10.6. The summed E-state index contributed by atoms with van der Waals surface area (Å²) in [5.41, 5.74) is 4.22. The van der Waals surface area contributed by atoms with E-state index in [0.29, 0.717) is 24.2 Å². The van der Waals surface area contributed by atoms with Gasteiger partial charge < -0.3 is 4.90 Å². The SMILES string of the molecule is CC(C)c1ccc([C@H]2CC(=O)c3cnc(N4C[C@H](C)C[C@@H](C)C4)nc3C2)cc1. The van der Waals surface area contributed by atoms with Crippen LogP contribution in [0.5, 0.6) is 0 Å². The van der Waals surface area contributed by atoms with Crippen molar-refractivity contribution >= 4 is 11.7 Å². The molecule has 28 heavy (non-hydrogen) atoms. The average Bonchev–Trinajstić information content (AvgIpc) is 2.67. The maximum atomic E-state index is 12.7. The number of carbonyl (C=O) groups is 1. The van der Waals surface area contributed by atoms with Gasteiger partial charge in [-0.15, -0.1) is 0 Å². The Morgan fingerprint density at radius 1 is 1.04 bits per heavy atom. The number of aromatic nitrogens is 2. The number of hydrogen-bond acceptors (Lipinski definition) is 4. The summed E-state index contributed by atoms with van der Waals surface area (Å²) in [5, 5.41) is 0. The van der Waals surface area contributed by atoms with E-state index in [0.717, 1.165) is 36.7 Å². The number of anilines is 1. The zero-order chi connectivity index (χ0) is 19.8. The third kappa shape index (κ3) is 3.82. The molecule has 1 fully saturated rings. The van der Waals surface area contributed by atoms with Crippen LogP contribution >= 0.6 is 0 Å². The van der Waals surface area contributed by atoms with Crippen molar-refractivity contribution in [3.63, 3.8) is 0 Å². The monoisotopic (exact) mass is 377 g/mol. The van der Waals surface area contributed by atoms with Crippen LogP contribution in [0.2, 0.25) is 0 Å². The summed E-state index contributed by atoms with van der Waals surface area (Å²) in [4.78, 5) is 24.5. The van der Waals surface area contributed by atoms with Crippen LogP contribution < -0.4 is 4.90 Å². The maximum absolute atomic E-state index is 12.7. The molecule has 3 atom stereocenters. The molecule has 4 rings (SSSR count). The molecule has 1 aliphatic heterocycles. The molecule has 0 N–H and O–H groups in total. The van der Waals surface area contributed by atoms with E-state index in [4.69, 9.17) is 4.98 Å². The van der Waals surface area contributed by atoms with Crippen molar-refractivity contribution in [3.05, 3.63) is 52.8 Å². The molecular formula is C24H31N3O. The standard InChI is InChI=1S/C24H31N3O/c1-15(2)18-5-7-19(8-6-18)20-10-22-21(23(28)11-20)12-25-24(26-22)27-13-16(3)9-17(4)14-27/h5-8,12,15-17,20H,9-11,13-14H2,1-4H3/t16-,17-,20-/m1/s1. The third-order valence-corrected chi connectivity index (χ3v) is 6.25. The molecule has 2 aromatic rings. The second-order valence-corrected chi connectivity index (χ2v) is 9.23. The van der Waals surface area contributed by atoms with Gasteiger partial charge in [0.1, 0.15) is 0 Å². The lowest BCUT2D eigenvalue weighted by Crippen LogP contribution is -2.40. The molecule has 0 saturated carbocycles. The number of nitrogens with zero attached hydrogens (tertiary/aromatic N) is 3. The van der Waals surface area contributed by atoms with Gasteiger partial charge in [0.2, 0.25) is 5.95 Å². The second-order valence-electron chi connectivity index (χ2n) is 9.23. The van der Waals surface area contributed by atoms with Gasteiger partial charge in [-0.1, -0.05) is 52.0 Å². The van der Waals surface area contributed by atoms with E-state index in [1.54, 1.807) is 6.20 Å². The van der Waals surface area contributed by atoms with E-state index in [2.05, 4.69) is 61.8 Å². The van der Waals surface area contributed by atoms with Gasteiger partial charge in [0.15, 0.2) is 5.78 Å². The van der Waals surface area contributed by atoms with Crippen LogP contribution in [0.3, 0.4) is 0 Å². The number of Topliss-reactive ketones (excluding diaryl/α,β-unsaturated/α-hetero) is 1. The minimum Gasteiger partial charge on any atom is -0.340 e. The summed E-state index contributed by atoms with van der Waals surface area (Å²) in [6.45, 7) is 11.0. The fraction of sp³-hybridized carbons (Fsp3) is 0.542. The molecule has 2 aliphatic rings. The van der Waals surface area contributed by atoms with Crippen LogP contribution in [0.25, 0.3) is 0 Å². The van der Waals surface area contributed by atoms with Crippen molar-refractivity contribution in [2.75, 3.05) is 18.0 Å². The van der Waals surface area contributed by atoms with Crippen molar-refractivity contribution in [2.45, 2.75) is 58.8 Å². The van der Waals surface area contributed by atoms with Crippen molar-refractivity contribution in [1.82, 2.24) is 9.97 Å². The molecule has 0 unspecified atom stereocenters. The number of piperidine rings is 1. The predicted octanol–water partition coefficient (Wildman–Crippen LogP) is 5.00. The van der Waals surface area contributed by atoms with Gasteiger partial charge >= 0.3 is 0 Å². The van der Waals surface area contributed by atoms with Gasteiger partial charge in [-0.3, -0.25) is 4.79 Å². The molecule has 1 aromatic carbocycles. The summed E-state index contributed by atoms with van der Waals surface area (Å²) >= 11 is 0. The van der Waals surface area contributed by atoms with Crippen molar-refractivity contribution in [3.8, 4) is 0 Å². The molecule has 2 heterocycles. The molecular weight excluding hydrogens is 346 g/mol. The van der Waals surface area contributed by atoms with Crippen LogP contribution in [0, 0.1) is 11.8 Å². The van der Waals surface area contributed by atoms with E-state index < -0.39 is 0 Å². The number of rotatable bonds is 3. The van der Waals surface area contributed by atoms with Gasteiger partial charge in [-0.2, -0.15) is 0 Å². The second kappa shape index (κ2) is 7.65. The zero-order valence-electron chi connectivity index (χ0n) is 17.5. The Labute approximate surface area is 168 Å². The Morgan fingerprint density at radius 2 is 1.71 bits per heavy atom. The lowest BCUT2D eigenvalue weighted by Gasteiger charge is -2.35. The number of fused-ring (bicyclic) bond motifs is 1. The van der Waals surface area contributed by atoms with Crippen molar-refractivity contribution in [2.24, 2.45) is 11.8 Å². The first-order valence-corrected chi connectivity index (χ1v) is 10.6. The minimum atomic E-state index is 0.172. The highest BCUT2D eigenvalue weighted by Crippen LogP contribution is 2.33. The highest BCUT2D eigenvalue weighted by Gasteiger charge is 2.30. The summed E-state index contributed by atoms with van der Waals surface area (Å²) in [6.07, 6.45) is 4.39. The largest absolute Gasteiger partial charge is 0.340 e. The smallest absolute Gasteiger partial charge is 0.225 e. The van der Waals surface area contributed by atoms with E-state index in [1.165, 1.54) is 17.5 Å². The number of benzene rings is 1. The summed E-state index contributed by atoms with van der Waals surface area (Å²) in [7, 11) is 0. The molecule has 148 valence electrons. The van der Waals surface area contributed by atoms with Crippen LogP contribution in [-0.2, 0) is 6.42 Å². The molecule has 1 saturated heterocycles. The van der Waals surface area contributed by atoms with E-state index in [9.17, 15) is 4.79 Å². The predicted molar refractivity (Wildman–Crippen MR) is 113 cm³/mol. The third-order valence-electron chi connectivity index (χ3n) is 6.25. The van der Waals surface area contributed by atoms with E-state index in [1.807, 2.05) is 0 Å². The highest BCUT2D eigenvalue weighted by atomic mass is 16.1. The van der Waals surface area contributed by atoms with Gasteiger partial charge in [0.25, 0.3) is 0 Å². The van der Waals surface area contributed by atoms with Crippen LogP contribution in [0.1, 0.15) is 79.6 Å². The van der Waals surface area contributed by atoms with Crippen LogP contribution in [0.4, 0.5) is 5.95 Å². The summed E-state index contributed by atoms with van der Waals surface area (Å²) < 4.78 is 0. The summed E-state index contributed by atoms with van der Waals surface area (Å²) in [5.74, 6) is 3.00. The quantitative estimate of drug-likeness (QED) is 0.755. The van der Waals surface area contributed by atoms with Gasteiger partial charge in [-0.25, -0.2) is 9.97 Å². The molecule has 0 spiro atoms.